The van der Waals surface area contributed by atoms with Crippen LogP contribution < -0.4 is 0 Å². The van der Waals surface area contributed by atoms with Crippen LogP contribution in [0, 0.1) is 5.92 Å². The number of nitrogens with zero attached hydrogens (tertiary/aromatic N) is 2. The lowest BCUT2D eigenvalue weighted by Crippen LogP contribution is -2.31. The topological polar surface area (TPSA) is 23.6 Å². The van der Waals surface area contributed by atoms with Gasteiger partial charge in [-0.05, 0) is 62.4 Å². The lowest BCUT2D eigenvalue weighted by molar-refractivity contribution is 0.0791. The zero-order chi connectivity index (χ0) is 15.5. The Morgan fingerprint density at radius 1 is 1.32 bits per heavy atom. The number of benzene rings is 1. The Morgan fingerprint density at radius 3 is 2.86 bits per heavy atom. The number of amides is 1. The summed E-state index contributed by atoms with van der Waals surface area (Å²) in [5.74, 6) is 1.62. The number of piperidine rings is 1. The summed E-state index contributed by atoms with van der Waals surface area (Å²) in [4.78, 5) is 16.9. The Kier molecular flexibility index (Phi) is 4.82. The molecule has 0 bridgehead atoms. The SMILES string of the molecule is CN1CCC[C@@H](c2cccc(C(=O)N(C)CCC3CC3)c2)C1. The van der Waals surface area contributed by atoms with Crippen molar-refractivity contribution in [3.8, 4) is 0 Å². The maximum absolute atomic E-state index is 12.6. The van der Waals surface area contributed by atoms with Crippen LogP contribution in [0.25, 0.3) is 0 Å². The van der Waals surface area contributed by atoms with Gasteiger partial charge in [-0.25, -0.2) is 0 Å². The fourth-order valence-electron chi connectivity index (χ4n) is 3.47. The van der Waals surface area contributed by atoms with Crippen molar-refractivity contribution in [1.82, 2.24) is 9.80 Å². The van der Waals surface area contributed by atoms with Crippen LogP contribution in [0.15, 0.2) is 24.3 Å². The Hall–Kier alpha value is -1.35. The number of hydrogen-bond donors (Lipinski definition) is 0. The fraction of sp³-hybridized carbons (Fsp3) is 0.632. The molecule has 1 amide bonds. The van der Waals surface area contributed by atoms with Crippen LogP contribution in [0.1, 0.15) is 53.9 Å². The van der Waals surface area contributed by atoms with Gasteiger partial charge in [-0.3, -0.25) is 4.79 Å². The molecule has 1 aromatic rings. The van der Waals surface area contributed by atoms with Crippen molar-refractivity contribution < 1.29 is 4.79 Å². The third-order valence-electron chi connectivity index (χ3n) is 5.15. The van der Waals surface area contributed by atoms with Gasteiger partial charge in [0.2, 0.25) is 0 Å². The van der Waals surface area contributed by atoms with E-state index in [4.69, 9.17) is 0 Å². The van der Waals surface area contributed by atoms with Gasteiger partial charge < -0.3 is 9.80 Å². The lowest BCUT2D eigenvalue weighted by atomic mass is 9.90. The van der Waals surface area contributed by atoms with Gasteiger partial charge in [-0.2, -0.15) is 0 Å². The van der Waals surface area contributed by atoms with Crippen LogP contribution in [-0.4, -0.2) is 49.4 Å². The maximum atomic E-state index is 12.6. The van der Waals surface area contributed by atoms with Crippen molar-refractivity contribution in [3.63, 3.8) is 0 Å². The molecular weight excluding hydrogens is 272 g/mol. The average molecular weight is 300 g/mol. The normalized spacial score (nSPS) is 22.5. The van der Waals surface area contributed by atoms with Crippen LogP contribution in [0.3, 0.4) is 0 Å². The molecule has 2 fully saturated rings. The van der Waals surface area contributed by atoms with Gasteiger partial charge >= 0.3 is 0 Å². The van der Waals surface area contributed by atoms with Crippen molar-refractivity contribution in [1.29, 1.82) is 0 Å². The van der Waals surface area contributed by atoms with E-state index in [-0.39, 0.29) is 5.91 Å². The molecule has 1 atom stereocenters. The number of rotatable bonds is 5. The predicted molar refractivity (Wildman–Crippen MR) is 90.2 cm³/mol. The monoisotopic (exact) mass is 300 g/mol. The minimum Gasteiger partial charge on any atom is -0.342 e. The molecular formula is C19H28N2O. The summed E-state index contributed by atoms with van der Waals surface area (Å²) in [5.41, 5.74) is 2.18. The Morgan fingerprint density at radius 2 is 2.14 bits per heavy atom. The van der Waals surface area contributed by atoms with Crippen LogP contribution >= 0.6 is 0 Å². The molecule has 1 aliphatic heterocycles. The van der Waals surface area contributed by atoms with Gasteiger partial charge in [-0.1, -0.05) is 25.0 Å². The quantitative estimate of drug-likeness (QED) is 0.832. The highest BCUT2D eigenvalue weighted by atomic mass is 16.2. The van der Waals surface area contributed by atoms with E-state index < -0.39 is 0 Å². The number of likely N-dealkylation sites (tertiary alicyclic amines) is 1. The van der Waals surface area contributed by atoms with Gasteiger partial charge in [-0.15, -0.1) is 0 Å². The highest BCUT2D eigenvalue weighted by Gasteiger charge is 2.23. The van der Waals surface area contributed by atoms with Crippen LogP contribution in [0.4, 0.5) is 0 Å². The second kappa shape index (κ2) is 6.82. The molecule has 1 aromatic carbocycles. The number of carbonyl (C=O) groups is 1. The molecule has 1 heterocycles. The van der Waals surface area contributed by atoms with E-state index in [1.165, 1.54) is 37.8 Å². The van der Waals surface area contributed by atoms with Gasteiger partial charge in [0.25, 0.3) is 5.91 Å². The number of hydrogen-bond acceptors (Lipinski definition) is 2. The standard InChI is InChI=1S/C19H28N2O/c1-20-11-4-7-18(14-20)16-5-3-6-17(13-16)19(22)21(2)12-10-15-8-9-15/h3,5-6,13,15,18H,4,7-12,14H2,1-2H3/t18-/m1/s1. The van der Waals surface area contributed by atoms with E-state index in [0.29, 0.717) is 5.92 Å². The first-order valence-corrected chi connectivity index (χ1v) is 8.67. The molecule has 1 saturated carbocycles. The van der Waals surface area contributed by atoms with E-state index in [9.17, 15) is 4.79 Å². The van der Waals surface area contributed by atoms with Gasteiger partial charge in [0.1, 0.15) is 0 Å². The second-order valence-electron chi connectivity index (χ2n) is 7.19. The molecule has 1 aliphatic carbocycles. The molecule has 2 aliphatic rings. The first kappa shape index (κ1) is 15.5. The molecule has 3 heteroatoms. The molecule has 3 rings (SSSR count). The Balaban J connectivity index is 1.65. The van der Waals surface area contributed by atoms with Crippen LogP contribution in [-0.2, 0) is 0 Å². The van der Waals surface area contributed by atoms with E-state index >= 15 is 0 Å². The summed E-state index contributed by atoms with van der Waals surface area (Å²) in [6, 6.07) is 8.32. The third kappa shape index (κ3) is 3.89. The minimum absolute atomic E-state index is 0.173. The summed E-state index contributed by atoms with van der Waals surface area (Å²) in [6.45, 7) is 3.19. The second-order valence-corrected chi connectivity index (χ2v) is 7.19. The first-order valence-electron chi connectivity index (χ1n) is 8.67. The van der Waals surface area contributed by atoms with Crippen molar-refractivity contribution in [2.45, 2.75) is 38.0 Å². The van der Waals surface area contributed by atoms with E-state index in [0.717, 1.165) is 31.0 Å². The Labute approximate surface area is 134 Å². The molecule has 0 radical (unpaired) electrons. The summed E-state index contributed by atoms with van der Waals surface area (Å²) < 4.78 is 0. The van der Waals surface area contributed by atoms with E-state index in [1.807, 2.05) is 24.1 Å². The Bertz CT molecular complexity index is 524. The highest BCUT2D eigenvalue weighted by Crippen LogP contribution is 2.32. The van der Waals surface area contributed by atoms with Crippen molar-refractivity contribution in [2.75, 3.05) is 33.7 Å². The summed E-state index contributed by atoms with van der Waals surface area (Å²) >= 11 is 0. The molecule has 1 saturated heterocycles. The van der Waals surface area contributed by atoms with Crippen LogP contribution in [0.2, 0.25) is 0 Å². The molecule has 120 valence electrons. The predicted octanol–water partition coefficient (Wildman–Crippen LogP) is 3.37. The van der Waals surface area contributed by atoms with Crippen molar-refractivity contribution in [3.05, 3.63) is 35.4 Å². The van der Waals surface area contributed by atoms with Gasteiger partial charge in [0.05, 0.1) is 0 Å². The molecule has 0 aromatic heterocycles. The van der Waals surface area contributed by atoms with Gasteiger partial charge in [0, 0.05) is 25.7 Å². The highest BCUT2D eigenvalue weighted by molar-refractivity contribution is 5.94. The minimum atomic E-state index is 0.173. The first-order chi connectivity index (χ1) is 10.6. The van der Waals surface area contributed by atoms with Crippen molar-refractivity contribution in [2.24, 2.45) is 5.92 Å². The van der Waals surface area contributed by atoms with Crippen LogP contribution in [0.5, 0.6) is 0 Å². The molecule has 22 heavy (non-hydrogen) atoms. The summed E-state index contributed by atoms with van der Waals surface area (Å²) in [5, 5.41) is 0. The summed E-state index contributed by atoms with van der Waals surface area (Å²) in [6.07, 6.45) is 6.36. The third-order valence-corrected chi connectivity index (χ3v) is 5.15. The zero-order valence-electron chi connectivity index (χ0n) is 13.9. The lowest BCUT2D eigenvalue weighted by Gasteiger charge is -2.30. The van der Waals surface area contributed by atoms with Crippen molar-refractivity contribution >= 4 is 5.91 Å². The number of carbonyl (C=O) groups excluding carboxylic acids is 1. The zero-order valence-corrected chi connectivity index (χ0v) is 13.9. The van der Waals surface area contributed by atoms with E-state index in [1.54, 1.807) is 0 Å². The largest absolute Gasteiger partial charge is 0.342 e. The number of likely N-dealkylation sites (N-methyl/N-ethyl adjacent to an activating group) is 1. The molecule has 0 unspecified atom stereocenters. The van der Waals surface area contributed by atoms with Gasteiger partial charge in [0.15, 0.2) is 0 Å². The molecule has 3 nitrogen and oxygen atoms in total. The summed E-state index contributed by atoms with van der Waals surface area (Å²) in [7, 11) is 4.12. The average Bonchev–Trinajstić information content (AvgIpc) is 3.36. The fourth-order valence-corrected chi connectivity index (χ4v) is 3.47. The molecule has 0 spiro atoms. The van der Waals surface area contributed by atoms with E-state index in [2.05, 4.69) is 24.1 Å². The smallest absolute Gasteiger partial charge is 0.253 e. The maximum Gasteiger partial charge on any atom is 0.253 e. The molecule has 0 N–H and O–H groups in total.